The molecule has 1 aliphatic rings. The minimum Gasteiger partial charge on any atom is -0.338 e. The lowest BCUT2D eigenvalue weighted by atomic mass is 9.92. The maximum absolute atomic E-state index is 12.6. The molecule has 27 heavy (non-hydrogen) atoms. The van der Waals surface area contributed by atoms with E-state index >= 15 is 0 Å². The van der Waals surface area contributed by atoms with Crippen LogP contribution in [0.5, 0.6) is 0 Å². The summed E-state index contributed by atoms with van der Waals surface area (Å²) in [5.74, 6) is 0.487. The second-order valence-corrected chi connectivity index (χ2v) is 7.19. The number of hydrogen-bond acceptors (Lipinski definition) is 3. The molecule has 0 saturated carbocycles. The Morgan fingerprint density at radius 1 is 1.11 bits per heavy atom. The molecule has 0 bridgehead atoms. The summed E-state index contributed by atoms with van der Waals surface area (Å²) in [4.78, 5) is 19.5. The van der Waals surface area contributed by atoms with Crippen molar-refractivity contribution < 1.29 is 4.79 Å². The van der Waals surface area contributed by atoms with Crippen molar-refractivity contribution in [2.45, 2.75) is 32.1 Å². The molecule has 3 heterocycles. The molecule has 1 N–H and O–H groups in total. The van der Waals surface area contributed by atoms with Gasteiger partial charge in [-0.15, -0.1) is 0 Å². The average molecular weight is 360 g/mol. The molecule has 0 spiro atoms. The predicted octanol–water partition coefficient (Wildman–Crippen LogP) is 3.72. The van der Waals surface area contributed by atoms with Crippen molar-refractivity contribution in [2.75, 3.05) is 13.1 Å². The van der Waals surface area contributed by atoms with Gasteiger partial charge in [0.15, 0.2) is 0 Å². The van der Waals surface area contributed by atoms with Gasteiger partial charge in [0.05, 0.1) is 11.8 Å². The number of piperidine rings is 1. The quantitative estimate of drug-likeness (QED) is 0.771. The number of nitrogens with one attached hydrogen (secondary N) is 1. The highest BCUT2D eigenvalue weighted by Crippen LogP contribution is 2.28. The second-order valence-electron chi connectivity index (χ2n) is 7.19. The van der Waals surface area contributed by atoms with Crippen LogP contribution in [0.25, 0.3) is 0 Å². The molecule has 0 aliphatic carbocycles. The smallest absolute Gasteiger partial charge is 0.257 e. The number of H-pyrrole nitrogens is 1. The maximum Gasteiger partial charge on any atom is 0.257 e. The molecule has 138 valence electrons. The summed E-state index contributed by atoms with van der Waals surface area (Å²) in [6, 6.07) is 16.8. The van der Waals surface area contributed by atoms with E-state index in [0.29, 0.717) is 11.5 Å². The summed E-state index contributed by atoms with van der Waals surface area (Å²) in [7, 11) is 0. The van der Waals surface area contributed by atoms with Crippen LogP contribution < -0.4 is 0 Å². The summed E-state index contributed by atoms with van der Waals surface area (Å²) >= 11 is 0. The molecule has 1 amide bonds. The topological polar surface area (TPSA) is 61.9 Å². The molecular formula is C22H24N4O. The zero-order chi connectivity index (χ0) is 18.6. The molecule has 0 radical (unpaired) electrons. The molecule has 5 heteroatoms. The number of pyridine rings is 1. The Bertz CT molecular complexity index is 911. The number of hydrogen-bond donors (Lipinski definition) is 1. The largest absolute Gasteiger partial charge is 0.338 e. The van der Waals surface area contributed by atoms with E-state index in [1.54, 1.807) is 6.20 Å². The van der Waals surface area contributed by atoms with Crippen LogP contribution in [0, 0.1) is 6.92 Å². The van der Waals surface area contributed by atoms with Crippen LogP contribution in [-0.4, -0.2) is 39.1 Å². The fourth-order valence-electron chi connectivity index (χ4n) is 3.74. The summed E-state index contributed by atoms with van der Waals surface area (Å²) in [6.07, 6.45) is 4.37. The minimum atomic E-state index is 0.0745. The van der Waals surface area contributed by atoms with Crippen molar-refractivity contribution in [3.8, 4) is 0 Å². The molecule has 0 atom stereocenters. The van der Waals surface area contributed by atoms with Crippen LogP contribution >= 0.6 is 0 Å². The highest BCUT2D eigenvalue weighted by molar-refractivity contribution is 5.95. The van der Waals surface area contributed by atoms with Gasteiger partial charge in [-0.05, 0) is 37.5 Å². The van der Waals surface area contributed by atoms with Crippen molar-refractivity contribution in [3.05, 3.63) is 82.9 Å². The van der Waals surface area contributed by atoms with Gasteiger partial charge in [-0.1, -0.05) is 36.4 Å². The number of aromatic amines is 1. The van der Waals surface area contributed by atoms with Crippen LogP contribution in [0.1, 0.15) is 51.8 Å². The van der Waals surface area contributed by atoms with Crippen molar-refractivity contribution in [3.63, 3.8) is 0 Å². The fraction of sp³-hybridized carbons (Fsp3) is 0.318. The van der Waals surface area contributed by atoms with E-state index < -0.39 is 0 Å². The molecule has 1 aromatic carbocycles. The molecule has 5 nitrogen and oxygen atoms in total. The van der Waals surface area contributed by atoms with Gasteiger partial charge in [0.1, 0.15) is 0 Å². The number of benzene rings is 1. The third-order valence-corrected chi connectivity index (χ3v) is 5.32. The molecule has 4 rings (SSSR count). The first-order valence-corrected chi connectivity index (χ1v) is 9.49. The number of nitrogens with zero attached hydrogens (tertiary/aromatic N) is 3. The van der Waals surface area contributed by atoms with Crippen LogP contribution in [0.3, 0.4) is 0 Å². The van der Waals surface area contributed by atoms with Gasteiger partial charge in [0.2, 0.25) is 0 Å². The molecule has 3 aromatic rings. The summed E-state index contributed by atoms with van der Waals surface area (Å²) in [6.45, 7) is 3.41. The van der Waals surface area contributed by atoms with Crippen molar-refractivity contribution >= 4 is 5.91 Å². The van der Waals surface area contributed by atoms with E-state index in [-0.39, 0.29) is 5.91 Å². The first-order valence-electron chi connectivity index (χ1n) is 9.49. The number of rotatable bonds is 4. The van der Waals surface area contributed by atoms with Gasteiger partial charge in [-0.2, -0.15) is 5.10 Å². The lowest BCUT2D eigenvalue weighted by Crippen LogP contribution is -2.38. The first-order chi connectivity index (χ1) is 13.2. The zero-order valence-electron chi connectivity index (χ0n) is 15.6. The van der Waals surface area contributed by atoms with Crippen molar-refractivity contribution in [1.29, 1.82) is 0 Å². The number of likely N-dealkylation sites (tertiary alicyclic amines) is 1. The normalized spacial score (nSPS) is 15.1. The number of aromatic nitrogens is 3. The SMILES string of the molecule is Cc1[nH]ncc1C(=O)N1CCC(c2cccc(Cc3ccccc3)n2)CC1. The molecule has 1 fully saturated rings. The Labute approximate surface area is 159 Å². The highest BCUT2D eigenvalue weighted by Gasteiger charge is 2.26. The third-order valence-electron chi connectivity index (χ3n) is 5.32. The van der Waals surface area contributed by atoms with E-state index in [0.717, 1.165) is 49.4 Å². The molecule has 0 unspecified atom stereocenters. The minimum absolute atomic E-state index is 0.0745. The van der Waals surface area contributed by atoms with Gasteiger partial charge in [0.25, 0.3) is 5.91 Å². The summed E-state index contributed by atoms with van der Waals surface area (Å²) in [5, 5.41) is 6.80. The fourth-order valence-corrected chi connectivity index (χ4v) is 3.74. The maximum atomic E-state index is 12.6. The average Bonchev–Trinajstić information content (AvgIpc) is 3.14. The number of aryl methyl sites for hydroxylation is 1. The highest BCUT2D eigenvalue weighted by atomic mass is 16.2. The zero-order valence-corrected chi connectivity index (χ0v) is 15.6. The summed E-state index contributed by atoms with van der Waals surface area (Å²) < 4.78 is 0. The van der Waals surface area contributed by atoms with E-state index in [2.05, 4.69) is 52.7 Å². The molecule has 2 aromatic heterocycles. The van der Waals surface area contributed by atoms with Gasteiger partial charge in [0, 0.05) is 42.5 Å². The first kappa shape index (κ1) is 17.5. The Morgan fingerprint density at radius 3 is 2.59 bits per heavy atom. The van der Waals surface area contributed by atoms with Crippen LogP contribution in [-0.2, 0) is 6.42 Å². The number of carbonyl (C=O) groups is 1. The van der Waals surface area contributed by atoms with E-state index in [4.69, 9.17) is 4.98 Å². The van der Waals surface area contributed by atoms with Crippen LogP contribution in [0.15, 0.2) is 54.7 Å². The summed E-state index contributed by atoms with van der Waals surface area (Å²) in [5.41, 5.74) is 5.04. The van der Waals surface area contributed by atoms with Crippen molar-refractivity contribution in [2.24, 2.45) is 0 Å². The molecule has 1 aliphatic heterocycles. The number of amides is 1. The predicted molar refractivity (Wildman–Crippen MR) is 105 cm³/mol. The van der Waals surface area contributed by atoms with E-state index in [1.165, 1.54) is 5.56 Å². The second kappa shape index (κ2) is 7.74. The lowest BCUT2D eigenvalue weighted by molar-refractivity contribution is 0.0711. The van der Waals surface area contributed by atoms with Gasteiger partial charge in [-0.25, -0.2) is 0 Å². The Balaban J connectivity index is 1.40. The van der Waals surface area contributed by atoms with Crippen LogP contribution in [0.2, 0.25) is 0 Å². The Hall–Kier alpha value is -2.95. The number of carbonyl (C=O) groups excluding carboxylic acids is 1. The standard InChI is InChI=1S/C22H24N4O/c1-16-20(15-23-25-16)22(27)26-12-10-18(11-13-26)21-9-5-8-19(24-21)14-17-6-3-2-4-7-17/h2-9,15,18H,10-14H2,1H3,(H,23,25). The van der Waals surface area contributed by atoms with Gasteiger partial charge >= 0.3 is 0 Å². The van der Waals surface area contributed by atoms with Gasteiger partial charge < -0.3 is 4.90 Å². The van der Waals surface area contributed by atoms with Crippen LogP contribution in [0.4, 0.5) is 0 Å². The van der Waals surface area contributed by atoms with Crippen molar-refractivity contribution in [1.82, 2.24) is 20.1 Å². The van der Waals surface area contributed by atoms with E-state index in [9.17, 15) is 4.79 Å². The lowest BCUT2D eigenvalue weighted by Gasteiger charge is -2.31. The Morgan fingerprint density at radius 2 is 1.89 bits per heavy atom. The molecular weight excluding hydrogens is 336 g/mol. The third kappa shape index (κ3) is 3.92. The van der Waals surface area contributed by atoms with Gasteiger partial charge in [-0.3, -0.25) is 14.9 Å². The molecule has 1 saturated heterocycles. The Kier molecular flexibility index (Phi) is 5.01. The van der Waals surface area contributed by atoms with E-state index in [1.807, 2.05) is 17.9 Å². The monoisotopic (exact) mass is 360 g/mol.